The number of nitrogens with one attached hydrogen (secondary N) is 2. The summed E-state index contributed by atoms with van der Waals surface area (Å²) in [6.45, 7) is 2.78. The Kier molecular flexibility index (Phi) is 4.74. The molecule has 0 saturated carbocycles. The minimum atomic E-state index is -1.97. The molecule has 0 unspecified atom stereocenters. The summed E-state index contributed by atoms with van der Waals surface area (Å²) in [5.41, 5.74) is 0. The molecule has 0 atom stereocenters. The van der Waals surface area contributed by atoms with Gasteiger partial charge >= 0.3 is 9.36 Å². The topological polar surface area (TPSA) is 67.4 Å². The molecule has 0 spiro atoms. The van der Waals surface area contributed by atoms with Gasteiger partial charge in [-0.15, -0.1) is 0 Å². The molecule has 2 amide bonds. The van der Waals surface area contributed by atoms with E-state index in [1.807, 2.05) is 0 Å². The number of carbonyl (C=O) groups is 2. The summed E-state index contributed by atoms with van der Waals surface area (Å²) >= 11 is 0. The van der Waals surface area contributed by atoms with E-state index in [0.29, 0.717) is 10.5 Å². The molecule has 0 aliphatic heterocycles. The van der Waals surface area contributed by atoms with Crippen LogP contribution in [0.2, 0.25) is 0 Å². The molecule has 0 heterocycles. The minimum Gasteiger partial charge on any atom is -0.436 e. The van der Waals surface area contributed by atoms with Crippen molar-refractivity contribution in [3.8, 4) is 0 Å². The Labute approximate surface area is 69.9 Å². The van der Waals surface area contributed by atoms with Crippen LogP contribution >= 0.6 is 0 Å². The Morgan fingerprint density at radius 1 is 1.27 bits per heavy atom. The molecule has 2 N–H and O–H groups in total. The fourth-order valence-electron chi connectivity index (χ4n) is 0.523. The van der Waals surface area contributed by atoms with Crippen LogP contribution in [0.4, 0.5) is 0 Å². The van der Waals surface area contributed by atoms with Crippen LogP contribution in [0.5, 0.6) is 0 Å². The van der Waals surface area contributed by atoms with E-state index >= 15 is 0 Å². The SMILES string of the molecule is CC(=O)N[SiH](NC(C)=O)O[SiH3]. The van der Waals surface area contributed by atoms with Crippen LogP contribution < -0.4 is 9.96 Å². The van der Waals surface area contributed by atoms with Crippen LogP contribution in [0.15, 0.2) is 0 Å². The van der Waals surface area contributed by atoms with Crippen molar-refractivity contribution >= 4 is 31.7 Å². The molecule has 0 rings (SSSR count). The van der Waals surface area contributed by atoms with Crippen LogP contribution in [0.1, 0.15) is 13.8 Å². The van der Waals surface area contributed by atoms with E-state index < -0.39 is 9.36 Å². The highest BCUT2D eigenvalue weighted by Gasteiger charge is 2.11. The van der Waals surface area contributed by atoms with Crippen molar-refractivity contribution in [1.82, 2.24) is 9.96 Å². The van der Waals surface area contributed by atoms with Crippen LogP contribution in [0.3, 0.4) is 0 Å². The molecule has 0 aromatic rings. The largest absolute Gasteiger partial charge is 0.436 e. The van der Waals surface area contributed by atoms with E-state index in [2.05, 4.69) is 9.96 Å². The van der Waals surface area contributed by atoms with Crippen molar-refractivity contribution in [2.45, 2.75) is 13.8 Å². The summed E-state index contributed by atoms with van der Waals surface area (Å²) in [6, 6.07) is 0. The Balaban J connectivity index is 3.76. The van der Waals surface area contributed by atoms with E-state index in [9.17, 15) is 9.59 Å². The van der Waals surface area contributed by atoms with Gasteiger partial charge in [0.05, 0.1) is 0 Å². The average Bonchev–Trinajstić information content (AvgIpc) is 1.84. The van der Waals surface area contributed by atoms with Crippen molar-refractivity contribution in [3.63, 3.8) is 0 Å². The first-order chi connectivity index (χ1) is 5.06. The highest BCUT2D eigenvalue weighted by molar-refractivity contribution is 6.56. The molecule has 0 aliphatic rings. The molecular weight excluding hydrogens is 180 g/mol. The summed E-state index contributed by atoms with van der Waals surface area (Å²) in [5.74, 6) is -0.350. The summed E-state index contributed by atoms with van der Waals surface area (Å²) < 4.78 is 4.99. The van der Waals surface area contributed by atoms with Gasteiger partial charge in [-0.05, 0) is 0 Å². The molecule has 0 aromatic carbocycles. The quantitative estimate of drug-likeness (QED) is 0.477. The van der Waals surface area contributed by atoms with Gasteiger partial charge in [0.25, 0.3) is 0 Å². The van der Waals surface area contributed by atoms with Gasteiger partial charge in [0.2, 0.25) is 11.8 Å². The molecule has 0 fully saturated rings. The molecule has 0 radical (unpaired) electrons. The number of hydrogen-bond acceptors (Lipinski definition) is 3. The number of hydrogen-bond donors (Lipinski definition) is 2. The van der Waals surface area contributed by atoms with Gasteiger partial charge in [0, 0.05) is 13.8 Å². The van der Waals surface area contributed by atoms with Crippen LogP contribution in [0, 0.1) is 0 Å². The van der Waals surface area contributed by atoms with Crippen molar-refractivity contribution in [2.75, 3.05) is 0 Å². The lowest BCUT2D eigenvalue weighted by Gasteiger charge is -2.13. The molecule has 0 aromatic heterocycles. The zero-order valence-corrected chi connectivity index (χ0v) is 9.96. The lowest BCUT2D eigenvalue weighted by atomic mass is 10.8. The van der Waals surface area contributed by atoms with Crippen molar-refractivity contribution < 1.29 is 13.7 Å². The van der Waals surface area contributed by atoms with Gasteiger partial charge in [0.1, 0.15) is 10.5 Å². The molecular formula is C4H12N2O3Si2. The lowest BCUT2D eigenvalue weighted by molar-refractivity contribution is -0.117. The van der Waals surface area contributed by atoms with Crippen LogP contribution in [0.25, 0.3) is 0 Å². The Hall–Kier alpha value is -0.666. The van der Waals surface area contributed by atoms with E-state index in [-0.39, 0.29) is 11.8 Å². The summed E-state index contributed by atoms with van der Waals surface area (Å²) in [4.78, 5) is 26.1. The molecule has 64 valence electrons. The van der Waals surface area contributed by atoms with Gasteiger partial charge in [-0.25, -0.2) is 0 Å². The maximum atomic E-state index is 10.5. The first-order valence-electron chi connectivity index (χ1n) is 3.13. The molecule has 0 saturated heterocycles. The normalized spacial score (nSPS) is 9.73. The van der Waals surface area contributed by atoms with Crippen LogP contribution in [-0.4, -0.2) is 31.7 Å². The highest BCUT2D eigenvalue weighted by Crippen LogP contribution is 1.72. The maximum Gasteiger partial charge on any atom is 0.390 e. The van der Waals surface area contributed by atoms with E-state index in [1.54, 1.807) is 0 Å². The van der Waals surface area contributed by atoms with Gasteiger partial charge < -0.3 is 14.1 Å². The Morgan fingerprint density at radius 2 is 1.64 bits per heavy atom. The molecule has 0 aliphatic carbocycles. The first kappa shape index (κ1) is 10.3. The summed E-state index contributed by atoms with van der Waals surface area (Å²) in [5, 5.41) is 0. The lowest BCUT2D eigenvalue weighted by Crippen LogP contribution is -2.53. The molecule has 5 nitrogen and oxygen atoms in total. The average molecular weight is 192 g/mol. The third-order valence-electron chi connectivity index (χ3n) is 0.904. The van der Waals surface area contributed by atoms with Crippen molar-refractivity contribution in [1.29, 1.82) is 0 Å². The number of amides is 2. The second kappa shape index (κ2) is 5.05. The van der Waals surface area contributed by atoms with Gasteiger partial charge in [-0.1, -0.05) is 0 Å². The fraction of sp³-hybridized carbons (Fsp3) is 0.500. The van der Waals surface area contributed by atoms with Crippen LogP contribution in [-0.2, 0) is 13.7 Å². The molecule has 11 heavy (non-hydrogen) atoms. The van der Waals surface area contributed by atoms with Crippen molar-refractivity contribution in [3.05, 3.63) is 0 Å². The standard InChI is InChI=1S/C4H12N2O3Si2/c1-3(7)5-11(9-10)6-4(2)8/h11H,1-2,10H3,(H,5,7)(H,6,8). The number of rotatable bonds is 3. The van der Waals surface area contributed by atoms with E-state index in [1.165, 1.54) is 13.8 Å². The van der Waals surface area contributed by atoms with E-state index in [4.69, 9.17) is 4.12 Å². The molecule has 0 bridgehead atoms. The first-order valence-corrected chi connectivity index (χ1v) is 5.57. The predicted octanol–water partition coefficient (Wildman–Crippen LogP) is -2.73. The zero-order valence-electron chi connectivity index (χ0n) is 6.80. The third kappa shape index (κ3) is 5.76. The Morgan fingerprint density at radius 3 is 1.82 bits per heavy atom. The smallest absolute Gasteiger partial charge is 0.390 e. The summed E-state index contributed by atoms with van der Waals surface area (Å²) in [6.07, 6.45) is 0. The Bertz CT molecular complexity index is 147. The van der Waals surface area contributed by atoms with E-state index in [0.717, 1.165) is 0 Å². The number of carbonyl (C=O) groups excluding carboxylic acids is 2. The van der Waals surface area contributed by atoms with Crippen molar-refractivity contribution in [2.24, 2.45) is 0 Å². The highest BCUT2D eigenvalue weighted by atomic mass is 28.3. The monoisotopic (exact) mass is 192 g/mol. The second-order valence-corrected chi connectivity index (χ2v) is 5.24. The minimum absolute atomic E-state index is 0.175. The second-order valence-electron chi connectivity index (χ2n) is 2.02. The van der Waals surface area contributed by atoms with Gasteiger partial charge in [0.15, 0.2) is 0 Å². The maximum absolute atomic E-state index is 10.5. The predicted molar refractivity (Wildman–Crippen MR) is 45.8 cm³/mol. The van der Waals surface area contributed by atoms with Gasteiger partial charge in [-0.3, -0.25) is 9.59 Å². The van der Waals surface area contributed by atoms with Gasteiger partial charge in [-0.2, -0.15) is 0 Å². The summed E-state index contributed by atoms with van der Waals surface area (Å²) in [7, 11) is -1.45. The zero-order chi connectivity index (χ0) is 8.85. The fourth-order valence-corrected chi connectivity index (χ4v) is 2.28. The third-order valence-corrected chi connectivity index (χ3v) is 4.13. The molecule has 7 heteroatoms.